The first kappa shape index (κ1) is 33.1. The van der Waals surface area contributed by atoms with Crippen molar-refractivity contribution in [2.24, 2.45) is 0 Å². The quantitative estimate of drug-likeness (QED) is 0.179. The Hall–Kier alpha value is -0.847. The maximum atomic E-state index is 8.74. The molecule has 0 spiro atoms. The first-order valence-corrected chi connectivity index (χ1v) is 27.8. The van der Waals surface area contributed by atoms with Gasteiger partial charge in [-0.25, -0.2) is 0 Å². The topological polar surface area (TPSA) is 0 Å². The third-order valence-corrected chi connectivity index (χ3v) is 30.5. The average molecular weight is 923 g/mol. The van der Waals surface area contributed by atoms with Gasteiger partial charge in [-0.05, 0) is 0 Å². The monoisotopic (exact) mass is 920 g/mol. The van der Waals surface area contributed by atoms with Gasteiger partial charge in [-0.1, -0.05) is 0 Å². The molecule has 2 aliphatic rings. The van der Waals surface area contributed by atoms with Crippen molar-refractivity contribution in [2.45, 2.75) is 59.6 Å². The number of halogens is 4. The van der Waals surface area contributed by atoms with Crippen LogP contribution in [0.5, 0.6) is 0 Å². The molecule has 5 heteroatoms. The Kier molecular flexibility index (Phi) is 8.78. The van der Waals surface area contributed by atoms with Gasteiger partial charge in [-0.3, -0.25) is 0 Å². The Morgan fingerprint density at radius 1 is 0.591 bits per heavy atom. The summed E-state index contributed by atoms with van der Waals surface area (Å²) in [5.74, 6) is 0. The molecule has 226 valence electrons. The summed E-state index contributed by atoms with van der Waals surface area (Å²) in [5.41, 5.74) is 9.88. The summed E-state index contributed by atoms with van der Waals surface area (Å²) < 4.78 is 3.30. The molecule has 0 aliphatic heterocycles. The fraction of sp³-hybridized carbons (Fsp3) is 0.256. The van der Waals surface area contributed by atoms with Gasteiger partial charge in [0.15, 0.2) is 0 Å². The third kappa shape index (κ3) is 5.67. The van der Waals surface area contributed by atoms with E-state index < -0.39 is 15.9 Å². The molecule has 0 bridgehead atoms. The van der Waals surface area contributed by atoms with Gasteiger partial charge >= 0.3 is 302 Å². The Balaban J connectivity index is 1.84. The molecule has 0 nitrogen and oxygen atoms in total. The Morgan fingerprint density at radius 2 is 0.977 bits per heavy atom. The molecule has 0 heterocycles. The Morgan fingerprint density at radius 3 is 1.34 bits per heavy atom. The van der Waals surface area contributed by atoms with Crippen molar-refractivity contribution in [3.8, 4) is 11.1 Å². The number of allylic oxidation sites excluding steroid dienone is 4. The first-order valence-electron chi connectivity index (χ1n) is 15.2. The molecule has 0 radical (unpaired) electrons. The molecular weight excluding hydrogens is 884 g/mol. The van der Waals surface area contributed by atoms with E-state index in [1.807, 2.05) is 0 Å². The summed E-state index contributed by atoms with van der Waals surface area (Å²) in [5, 5.41) is 0. The predicted molar refractivity (Wildman–Crippen MR) is 206 cm³/mol. The zero-order chi connectivity index (χ0) is 31.7. The van der Waals surface area contributed by atoms with E-state index in [4.69, 9.17) is 17.0 Å². The molecule has 4 aromatic rings. The minimum absolute atomic E-state index is 0.0131. The molecule has 44 heavy (non-hydrogen) atoms. The zero-order valence-corrected chi connectivity index (χ0v) is 34.3. The fourth-order valence-corrected chi connectivity index (χ4v) is 27.1. The molecule has 0 unspecified atom stereocenters. The van der Waals surface area contributed by atoms with Crippen LogP contribution in [0.25, 0.3) is 11.1 Å². The van der Waals surface area contributed by atoms with Gasteiger partial charge in [0.25, 0.3) is 0 Å². The molecular formula is C39H38Cl2I2Zr. The average Bonchev–Trinajstić information content (AvgIpc) is 3.62. The fourth-order valence-electron chi connectivity index (χ4n) is 7.00. The van der Waals surface area contributed by atoms with Gasteiger partial charge in [-0.15, -0.1) is 0 Å². The molecule has 0 aromatic heterocycles. The second-order valence-electron chi connectivity index (χ2n) is 14.4. The SMILES string of the molecule is CC(C)(C)c1ccc2c(c1)[CH]([Zr]([Cl])([Cl])(=[C](c1ccc(I)cc1)c1ccc(I)cc1)[CH]1C=CC=C1)c1cc(C(C)(C)C)ccc1-2. The van der Waals surface area contributed by atoms with Gasteiger partial charge in [0.05, 0.1) is 0 Å². The van der Waals surface area contributed by atoms with E-state index in [1.54, 1.807) is 0 Å². The van der Waals surface area contributed by atoms with E-state index in [2.05, 4.69) is 196 Å². The number of fused-ring (bicyclic) bond motifs is 3. The van der Waals surface area contributed by atoms with Crippen LogP contribution in [0.3, 0.4) is 0 Å². The van der Waals surface area contributed by atoms with Gasteiger partial charge in [-0.2, -0.15) is 0 Å². The van der Waals surface area contributed by atoms with Crippen LogP contribution in [0.4, 0.5) is 0 Å². The van der Waals surface area contributed by atoms with Crippen LogP contribution < -0.4 is 0 Å². The third-order valence-electron chi connectivity index (χ3n) is 9.38. The molecule has 6 rings (SSSR count). The second-order valence-corrected chi connectivity index (χ2v) is 37.6. The molecule has 0 amide bonds. The van der Waals surface area contributed by atoms with Crippen LogP contribution in [0.1, 0.15) is 78.5 Å². The van der Waals surface area contributed by atoms with Crippen molar-refractivity contribution in [1.29, 1.82) is 0 Å². The summed E-state index contributed by atoms with van der Waals surface area (Å²) in [4.78, 5) is 0. The summed E-state index contributed by atoms with van der Waals surface area (Å²) >= 11 is -0.614. The molecule has 4 aromatic carbocycles. The van der Waals surface area contributed by atoms with Crippen LogP contribution >= 0.6 is 62.2 Å². The first-order chi connectivity index (χ1) is 20.6. The summed E-state index contributed by atoms with van der Waals surface area (Å²) in [7, 11) is 17.5. The maximum absolute atomic E-state index is 8.74. The summed E-state index contributed by atoms with van der Waals surface area (Å²) in [6, 6.07) is 31.7. The van der Waals surface area contributed by atoms with E-state index in [1.165, 1.54) is 40.5 Å². The van der Waals surface area contributed by atoms with Gasteiger partial charge in [0.1, 0.15) is 0 Å². The van der Waals surface area contributed by atoms with Gasteiger partial charge in [0.2, 0.25) is 0 Å². The van der Waals surface area contributed by atoms with E-state index in [9.17, 15) is 0 Å². The number of hydrogen-bond donors (Lipinski definition) is 0. The Labute approximate surface area is 298 Å². The molecule has 0 saturated heterocycles. The van der Waals surface area contributed by atoms with E-state index >= 15 is 0 Å². The van der Waals surface area contributed by atoms with Gasteiger partial charge in [0, 0.05) is 0 Å². The molecule has 0 saturated carbocycles. The van der Waals surface area contributed by atoms with Gasteiger partial charge < -0.3 is 0 Å². The number of benzene rings is 4. The molecule has 0 fully saturated rings. The minimum atomic E-state index is -5.38. The Bertz CT molecular complexity index is 1770. The van der Waals surface area contributed by atoms with E-state index in [0.717, 1.165) is 14.3 Å². The number of rotatable bonds is 4. The standard InChI is InChI=1S/C21H25.C13H8I2.C5H5.2ClH.Zr/c1-20(2,3)16-7-9-18-14(12-16)11-15-13-17(21(4,5)6)8-10-19(15)18;14-12-5-1-10(2-6-12)9-11-3-7-13(15)8-4-11;1-2-4-5-3-1;;;/h7-13H,1-6H3;1-8H;1-5H;2*1H;/q;;;;;+2/p-2. The van der Waals surface area contributed by atoms with Crippen molar-refractivity contribution in [2.75, 3.05) is 0 Å². The normalized spacial score (nSPS) is 15.5. The van der Waals surface area contributed by atoms with E-state index in [0.29, 0.717) is 0 Å². The molecule has 2 aliphatic carbocycles. The van der Waals surface area contributed by atoms with E-state index in [-0.39, 0.29) is 18.1 Å². The summed E-state index contributed by atoms with van der Waals surface area (Å²) in [6.07, 6.45) is 8.80. The van der Waals surface area contributed by atoms with Crippen LogP contribution in [0.2, 0.25) is 3.63 Å². The van der Waals surface area contributed by atoms with Crippen LogP contribution in [-0.2, 0) is 26.7 Å². The molecule has 0 N–H and O–H groups in total. The number of hydrogen-bond acceptors (Lipinski definition) is 0. The van der Waals surface area contributed by atoms with Crippen molar-refractivity contribution in [3.05, 3.63) is 150 Å². The van der Waals surface area contributed by atoms with Crippen molar-refractivity contribution >= 4 is 65.4 Å². The van der Waals surface area contributed by atoms with Crippen LogP contribution in [0.15, 0.2) is 109 Å². The van der Waals surface area contributed by atoms with Crippen LogP contribution in [-0.4, -0.2) is 3.21 Å². The van der Waals surface area contributed by atoms with Crippen molar-refractivity contribution < 1.29 is 15.9 Å². The van der Waals surface area contributed by atoms with Crippen molar-refractivity contribution in [3.63, 3.8) is 0 Å². The summed E-state index contributed by atoms with van der Waals surface area (Å²) in [6.45, 7) is 13.7. The molecule has 0 atom stereocenters. The van der Waals surface area contributed by atoms with Crippen molar-refractivity contribution in [1.82, 2.24) is 0 Å². The zero-order valence-electron chi connectivity index (χ0n) is 26.1. The predicted octanol–water partition coefficient (Wildman–Crippen LogP) is 12.7. The van der Waals surface area contributed by atoms with Crippen LogP contribution in [0, 0.1) is 7.14 Å². The second kappa shape index (κ2) is 11.7.